The molecule has 31 heavy (non-hydrogen) atoms. The van der Waals surface area contributed by atoms with Crippen molar-refractivity contribution < 1.29 is 19.4 Å². The van der Waals surface area contributed by atoms with Gasteiger partial charge < -0.3 is 24.8 Å². The second kappa shape index (κ2) is 8.03. The van der Waals surface area contributed by atoms with Crippen LogP contribution in [0.5, 0.6) is 0 Å². The zero-order chi connectivity index (χ0) is 21.6. The van der Waals surface area contributed by atoms with Crippen LogP contribution in [0.1, 0.15) is 50.6 Å². The molecule has 1 aliphatic carbocycles. The highest BCUT2D eigenvalue weighted by Crippen LogP contribution is 2.43. The van der Waals surface area contributed by atoms with Crippen LogP contribution in [0, 0.1) is 5.41 Å². The summed E-state index contributed by atoms with van der Waals surface area (Å²) in [4.78, 5) is 19.3. The van der Waals surface area contributed by atoms with Gasteiger partial charge in [-0.05, 0) is 38.7 Å². The molecule has 5 rings (SSSR count). The van der Waals surface area contributed by atoms with E-state index in [-0.39, 0.29) is 23.5 Å². The minimum Gasteiger partial charge on any atom is -0.393 e. The number of hydrogen-bond acceptors (Lipinski definition) is 7. The summed E-state index contributed by atoms with van der Waals surface area (Å²) in [5.41, 5.74) is 2.77. The zero-order valence-corrected chi connectivity index (χ0v) is 18.2. The molecule has 2 saturated heterocycles. The highest BCUT2D eigenvalue weighted by Gasteiger charge is 2.49. The lowest BCUT2D eigenvalue weighted by atomic mass is 9.85. The molecule has 1 spiro atoms. The van der Waals surface area contributed by atoms with Gasteiger partial charge in [-0.3, -0.25) is 4.79 Å². The number of methoxy groups -OCH3 is 1. The van der Waals surface area contributed by atoms with Crippen molar-refractivity contribution in [2.45, 2.75) is 57.1 Å². The molecule has 1 amide bonds. The maximum absolute atomic E-state index is 12.9. The molecule has 0 aromatic carbocycles. The molecule has 2 N–H and O–H groups in total. The van der Waals surface area contributed by atoms with E-state index in [1.807, 2.05) is 16.3 Å². The summed E-state index contributed by atoms with van der Waals surface area (Å²) in [6.07, 6.45) is 5.51. The van der Waals surface area contributed by atoms with Crippen molar-refractivity contribution in [3.05, 3.63) is 18.0 Å². The smallest absolute Gasteiger partial charge is 0.241 e. The van der Waals surface area contributed by atoms with E-state index in [4.69, 9.17) is 14.6 Å². The van der Waals surface area contributed by atoms with E-state index in [1.54, 1.807) is 13.3 Å². The number of carbonyl (C=O) groups is 1. The van der Waals surface area contributed by atoms with Gasteiger partial charge in [0.2, 0.25) is 11.9 Å². The van der Waals surface area contributed by atoms with Crippen LogP contribution in [0.2, 0.25) is 0 Å². The molecule has 1 atom stereocenters. The fourth-order valence-corrected chi connectivity index (χ4v) is 5.15. The van der Waals surface area contributed by atoms with Gasteiger partial charge in [-0.1, -0.05) is 0 Å². The van der Waals surface area contributed by atoms with Crippen LogP contribution in [-0.2, 0) is 14.3 Å². The monoisotopic (exact) mass is 429 g/mol. The Kier molecular flexibility index (Phi) is 5.35. The highest BCUT2D eigenvalue weighted by atomic mass is 16.5. The third-order valence-corrected chi connectivity index (χ3v) is 6.86. The summed E-state index contributed by atoms with van der Waals surface area (Å²) in [6, 6.07) is 2.19. The predicted molar refractivity (Wildman–Crippen MR) is 115 cm³/mol. The number of nitrogens with one attached hydrogen (secondary N) is 1. The van der Waals surface area contributed by atoms with E-state index in [9.17, 15) is 9.90 Å². The van der Waals surface area contributed by atoms with Crippen molar-refractivity contribution in [3.63, 3.8) is 0 Å². The van der Waals surface area contributed by atoms with Crippen molar-refractivity contribution in [2.75, 3.05) is 43.7 Å². The predicted octanol–water partition coefficient (Wildman–Crippen LogP) is 1.95. The van der Waals surface area contributed by atoms with E-state index in [2.05, 4.69) is 16.4 Å². The number of aliphatic hydroxyl groups is 1. The van der Waals surface area contributed by atoms with E-state index in [0.717, 1.165) is 42.6 Å². The van der Waals surface area contributed by atoms with E-state index >= 15 is 0 Å². The quantitative estimate of drug-likeness (QED) is 0.724. The Morgan fingerprint density at radius 1 is 1.35 bits per heavy atom. The van der Waals surface area contributed by atoms with E-state index in [1.165, 1.54) is 0 Å². The van der Waals surface area contributed by atoms with Crippen LogP contribution in [-0.4, -0.2) is 71.2 Å². The molecule has 2 aromatic rings. The molecule has 0 radical (unpaired) electrons. The average Bonchev–Trinajstić information content (AvgIpc) is 3.26. The van der Waals surface area contributed by atoms with Crippen LogP contribution in [0.15, 0.2) is 12.3 Å². The van der Waals surface area contributed by atoms with Crippen molar-refractivity contribution >= 4 is 23.1 Å². The molecule has 9 heteroatoms. The van der Waals surface area contributed by atoms with Crippen LogP contribution >= 0.6 is 0 Å². The fraction of sp³-hybridized carbons (Fsp3) is 0.682. The third-order valence-electron chi connectivity index (χ3n) is 6.86. The molecule has 2 aliphatic heterocycles. The number of nitrogens with zero attached hydrogens (tertiary/aromatic N) is 4. The molecule has 1 saturated carbocycles. The van der Waals surface area contributed by atoms with Crippen LogP contribution in [0.25, 0.3) is 5.52 Å². The first-order valence-electron chi connectivity index (χ1n) is 11.2. The summed E-state index contributed by atoms with van der Waals surface area (Å²) in [5.74, 6) is 0.966. The van der Waals surface area contributed by atoms with Gasteiger partial charge in [0.15, 0.2) is 0 Å². The van der Waals surface area contributed by atoms with Crippen molar-refractivity contribution in [3.8, 4) is 0 Å². The van der Waals surface area contributed by atoms with Crippen molar-refractivity contribution in [1.82, 2.24) is 14.6 Å². The van der Waals surface area contributed by atoms with Gasteiger partial charge in [0, 0.05) is 43.1 Å². The van der Waals surface area contributed by atoms with Gasteiger partial charge in [-0.25, -0.2) is 9.50 Å². The standard InChI is InChI=1S/C22H31N5O4/c1-14(10-30-2)24-21-23-9-19-18(26-11-22(8-20(26)29)12-31-13-22)7-17(27(19)25-21)15-3-5-16(28)6-4-15/h7,9,14-16,28H,3-6,8,10-13H2,1-2H3,(H,24,25)/t14-,15?,16?/m0/s1. The van der Waals surface area contributed by atoms with Crippen LogP contribution in [0.3, 0.4) is 0 Å². The van der Waals surface area contributed by atoms with Gasteiger partial charge >= 0.3 is 0 Å². The van der Waals surface area contributed by atoms with Crippen LogP contribution < -0.4 is 10.2 Å². The second-order valence-corrected chi connectivity index (χ2v) is 9.49. The number of aromatic nitrogens is 3. The SMILES string of the molecule is COC[C@H](C)Nc1ncc2c(N3CC4(COC4)CC3=O)cc(C3CCC(O)CC3)n2n1. The Bertz CT molecular complexity index is 964. The lowest BCUT2D eigenvalue weighted by Gasteiger charge is -2.36. The Hall–Kier alpha value is -2.23. The topological polar surface area (TPSA) is 101 Å². The van der Waals surface area contributed by atoms with Gasteiger partial charge in [-0.15, -0.1) is 5.10 Å². The molecule has 3 aliphatic rings. The Labute approximate surface area is 181 Å². The molecule has 2 aromatic heterocycles. The summed E-state index contributed by atoms with van der Waals surface area (Å²) in [7, 11) is 1.67. The lowest BCUT2D eigenvalue weighted by Crippen LogP contribution is -2.44. The number of fused-ring (bicyclic) bond motifs is 1. The second-order valence-electron chi connectivity index (χ2n) is 9.49. The first kappa shape index (κ1) is 20.7. The summed E-state index contributed by atoms with van der Waals surface area (Å²) in [5, 5.41) is 18.0. The fourth-order valence-electron chi connectivity index (χ4n) is 5.15. The minimum absolute atomic E-state index is 0.0433. The molecule has 9 nitrogen and oxygen atoms in total. The number of rotatable bonds is 6. The number of ether oxygens (including phenoxy) is 2. The van der Waals surface area contributed by atoms with Gasteiger partial charge in [0.25, 0.3) is 0 Å². The number of amides is 1. The Balaban J connectivity index is 1.52. The van der Waals surface area contributed by atoms with Gasteiger partial charge in [0.1, 0.15) is 5.52 Å². The minimum atomic E-state index is -0.220. The largest absolute Gasteiger partial charge is 0.393 e. The Morgan fingerprint density at radius 3 is 2.77 bits per heavy atom. The Morgan fingerprint density at radius 2 is 2.13 bits per heavy atom. The molecular weight excluding hydrogens is 398 g/mol. The normalized spacial score (nSPS) is 26.4. The summed E-state index contributed by atoms with van der Waals surface area (Å²) < 4.78 is 12.6. The third kappa shape index (κ3) is 3.79. The van der Waals surface area contributed by atoms with Crippen LogP contribution in [0.4, 0.5) is 11.6 Å². The number of anilines is 2. The highest BCUT2D eigenvalue weighted by molar-refractivity contribution is 6.00. The maximum atomic E-state index is 12.9. The first-order valence-corrected chi connectivity index (χ1v) is 11.2. The number of carbonyl (C=O) groups excluding carboxylic acids is 1. The zero-order valence-electron chi connectivity index (χ0n) is 18.2. The number of aliphatic hydroxyl groups excluding tert-OH is 1. The van der Waals surface area contributed by atoms with Crippen molar-refractivity contribution in [1.29, 1.82) is 0 Å². The molecule has 3 fully saturated rings. The van der Waals surface area contributed by atoms with Crippen molar-refractivity contribution in [2.24, 2.45) is 5.41 Å². The van der Waals surface area contributed by atoms with Gasteiger partial charge in [-0.2, -0.15) is 0 Å². The van der Waals surface area contributed by atoms with Gasteiger partial charge in [0.05, 0.1) is 37.8 Å². The lowest BCUT2D eigenvalue weighted by molar-refractivity contribution is -0.126. The molecule has 0 bridgehead atoms. The summed E-state index contributed by atoms with van der Waals surface area (Å²) >= 11 is 0. The first-order chi connectivity index (χ1) is 15.0. The molecular formula is C22H31N5O4. The molecule has 0 unspecified atom stereocenters. The van der Waals surface area contributed by atoms with E-state index < -0.39 is 0 Å². The number of hydrogen-bond donors (Lipinski definition) is 2. The summed E-state index contributed by atoms with van der Waals surface area (Å²) in [6.45, 7) is 4.55. The van der Waals surface area contributed by atoms with E-state index in [0.29, 0.717) is 44.7 Å². The molecule has 168 valence electrons. The maximum Gasteiger partial charge on any atom is 0.241 e. The average molecular weight is 430 g/mol. The molecule has 4 heterocycles.